The molecule has 0 unspecified atom stereocenters. The Bertz CT molecular complexity index is 473. The van der Waals surface area contributed by atoms with E-state index in [1.54, 1.807) is 6.08 Å². The molecule has 0 aromatic heterocycles. The lowest BCUT2D eigenvalue weighted by atomic mass is 10.0. The van der Waals surface area contributed by atoms with E-state index in [1.807, 2.05) is 0 Å². The molecule has 27 heavy (non-hydrogen) atoms. The topological polar surface area (TPSA) is 89.9 Å². The molecule has 0 aromatic carbocycles. The normalized spacial score (nSPS) is 11.9. The molecule has 0 aliphatic carbocycles. The highest BCUT2D eigenvalue weighted by atomic mass is 32.3. The Morgan fingerprint density at radius 1 is 0.815 bits per heavy atom. The van der Waals surface area contributed by atoms with Gasteiger partial charge in [-0.3, -0.25) is 4.55 Å². The second-order valence-corrected chi connectivity index (χ2v) is 8.03. The first kappa shape index (κ1) is 26.1. The summed E-state index contributed by atoms with van der Waals surface area (Å²) in [6.07, 6.45) is 22.2. The summed E-state index contributed by atoms with van der Waals surface area (Å²) in [5, 5.41) is 0. The van der Waals surface area contributed by atoms with Crippen LogP contribution in [0.5, 0.6) is 0 Å². The van der Waals surface area contributed by atoms with E-state index in [9.17, 15) is 13.2 Å². The van der Waals surface area contributed by atoms with Gasteiger partial charge in [-0.2, -0.15) is 8.42 Å². The predicted octanol–water partition coefficient (Wildman–Crippen LogP) is 5.73. The van der Waals surface area contributed by atoms with Crippen molar-refractivity contribution in [2.24, 2.45) is 0 Å². The maximum atomic E-state index is 11.1. The number of rotatable bonds is 19. The molecule has 0 saturated heterocycles. The molecule has 0 saturated carbocycles. The number of carbonyl (C=O) groups is 1. The Balaban J connectivity index is 3.25. The van der Waals surface area contributed by atoms with Gasteiger partial charge in [0.05, 0.1) is 6.26 Å². The highest BCUT2D eigenvalue weighted by Gasteiger charge is 2.09. The third kappa shape index (κ3) is 23.0. The first-order valence-electron chi connectivity index (χ1n) is 10.4. The van der Waals surface area contributed by atoms with Crippen molar-refractivity contribution in [3.63, 3.8) is 0 Å². The maximum absolute atomic E-state index is 11.1. The predicted molar refractivity (Wildman–Crippen MR) is 108 cm³/mol. The zero-order valence-corrected chi connectivity index (χ0v) is 17.7. The number of hydrogen-bond donors (Lipinski definition) is 1. The minimum Gasteiger partial charge on any atom is -0.433 e. The number of ether oxygens (including phenoxy) is 1. The summed E-state index contributed by atoms with van der Waals surface area (Å²) in [5.74, 6) is -0.871. The fraction of sp³-hybridized carbons (Fsp3) is 0.850. The highest BCUT2D eigenvalue weighted by molar-refractivity contribution is 7.80. The molecule has 0 bridgehead atoms. The third-order valence-electron chi connectivity index (χ3n) is 4.35. The number of hydrogen-bond acceptors (Lipinski definition) is 5. The Kier molecular flexibility index (Phi) is 17.8. The highest BCUT2D eigenvalue weighted by Crippen LogP contribution is 2.13. The molecule has 1 N–H and O–H groups in total. The van der Waals surface area contributed by atoms with Gasteiger partial charge in [0.1, 0.15) is 0 Å². The summed E-state index contributed by atoms with van der Waals surface area (Å²) in [6, 6.07) is 0. The third-order valence-corrected chi connectivity index (χ3v) is 4.76. The fourth-order valence-corrected chi connectivity index (χ4v) is 3.05. The van der Waals surface area contributed by atoms with E-state index in [-0.39, 0.29) is 0 Å². The van der Waals surface area contributed by atoms with Crippen LogP contribution in [-0.2, 0) is 24.1 Å². The maximum Gasteiger partial charge on any atom is 0.397 e. The van der Waals surface area contributed by atoms with E-state index in [0.29, 0.717) is 0 Å². The smallest absolute Gasteiger partial charge is 0.397 e. The molecular weight excluding hydrogens is 368 g/mol. The molecule has 0 fully saturated rings. The second-order valence-electron chi connectivity index (χ2n) is 6.94. The van der Waals surface area contributed by atoms with Crippen LogP contribution < -0.4 is 0 Å². The van der Waals surface area contributed by atoms with Crippen molar-refractivity contribution in [3.05, 3.63) is 12.3 Å². The van der Waals surface area contributed by atoms with Crippen LogP contribution in [0.15, 0.2) is 12.3 Å². The van der Waals surface area contributed by atoms with Gasteiger partial charge in [0.15, 0.2) is 6.61 Å². The molecule has 0 rings (SSSR count). The average molecular weight is 407 g/mol. The second kappa shape index (κ2) is 18.4. The van der Waals surface area contributed by atoms with Crippen LogP contribution in [0.4, 0.5) is 0 Å². The zero-order valence-electron chi connectivity index (χ0n) is 16.9. The van der Waals surface area contributed by atoms with Crippen LogP contribution in [-0.4, -0.2) is 25.5 Å². The summed E-state index contributed by atoms with van der Waals surface area (Å²) in [4.78, 5) is 11.1. The SMILES string of the molecule is CCCCCCCCCCCCCCCCC=COC(=O)COS(=O)(=O)O. The lowest BCUT2D eigenvalue weighted by molar-refractivity contribution is -0.140. The van der Waals surface area contributed by atoms with Gasteiger partial charge in [-0.15, -0.1) is 0 Å². The molecule has 0 aliphatic heterocycles. The minimum absolute atomic E-state index is 0.810. The first-order valence-corrected chi connectivity index (χ1v) is 11.8. The van der Waals surface area contributed by atoms with Crippen LogP contribution >= 0.6 is 0 Å². The monoisotopic (exact) mass is 406 g/mol. The van der Waals surface area contributed by atoms with E-state index in [1.165, 1.54) is 83.3 Å². The molecule has 7 heteroatoms. The molecule has 0 radical (unpaired) electrons. The van der Waals surface area contributed by atoms with Crippen molar-refractivity contribution in [1.29, 1.82) is 0 Å². The van der Waals surface area contributed by atoms with Crippen LogP contribution in [0.2, 0.25) is 0 Å². The van der Waals surface area contributed by atoms with Crippen molar-refractivity contribution in [1.82, 2.24) is 0 Å². The zero-order chi connectivity index (χ0) is 20.2. The molecule has 6 nitrogen and oxygen atoms in total. The first-order chi connectivity index (χ1) is 13.0. The van der Waals surface area contributed by atoms with Gasteiger partial charge in [-0.05, 0) is 18.9 Å². The lowest BCUT2D eigenvalue weighted by Gasteiger charge is -2.03. The summed E-state index contributed by atoms with van der Waals surface area (Å²) < 4.78 is 37.4. The standard InChI is InChI=1S/C20H38O6S/c1-2-3-4-5-6-7-8-9-10-11-12-13-14-15-16-17-18-25-20(21)19-26-27(22,23)24/h17-18H,2-16,19H2,1H3,(H,22,23,24). The summed E-state index contributed by atoms with van der Waals surface area (Å²) in [6.45, 7) is 1.42. The van der Waals surface area contributed by atoms with E-state index in [0.717, 1.165) is 19.3 Å². The van der Waals surface area contributed by atoms with Gasteiger partial charge in [-0.25, -0.2) is 8.98 Å². The summed E-state index contributed by atoms with van der Waals surface area (Å²) >= 11 is 0. The van der Waals surface area contributed by atoms with Gasteiger partial charge in [0, 0.05) is 0 Å². The minimum atomic E-state index is -4.61. The van der Waals surface area contributed by atoms with Crippen LogP contribution in [0.1, 0.15) is 103 Å². The van der Waals surface area contributed by atoms with Gasteiger partial charge < -0.3 is 4.74 Å². The van der Waals surface area contributed by atoms with Gasteiger partial charge in [-0.1, -0.05) is 90.4 Å². The van der Waals surface area contributed by atoms with Crippen molar-refractivity contribution < 1.29 is 26.7 Å². The van der Waals surface area contributed by atoms with Crippen molar-refractivity contribution >= 4 is 16.4 Å². The Morgan fingerprint density at radius 2 is 1.26 bits per heavy atom. The number of allylic oxidation sites excluding steroid dienone is 1. The molecule has 0 atom stereocenters. The molecule has 0 aliphatic rings. The summed E-state index contributed by atoms with van der Waals surface area (Å²) in [7, 11) is -4.61. The number of carbonyl (C=O) groups excluding carboxylic acids is 1. The van der Waals surface area contributed by atoms with Gasteiger partial charge >= 0.3 is 16.4 Å². The van der Waals surface area contributed by atoms with Gasteiger partial charge in [0.25, 0.3) is 0 Å². The van der Waals surface area contributed by atoms with E-state index in [4.69, 9.17) is 4.55 Å². The molecule has 160 valence electrons. The van der Waals surface area contributed by atoms with Crippen molar-refractivity contribution in [2.75, 3.05) is 6.61 Å². The molecule has 0 heterocycles. The van der Waals surface area contributed by atoms with Crippen LogP contribution in [0.3, 0.4) is 0 Å². The number of unbranched alkanes of at least 4 members (excludes halogenated alkanes) is 14. The van der Waals surface area contributed by atoms with Crippen molar-refractivity contribution in [2.45, 2.75) is 103 Å². The Hall–Kier alpha value is -0.920. The Labute approximate surface area is 165 Å². The van der Waals surface area contributed by atoms with Crippen LogP contribution in [0.25, 0.3) is 0 Å². The van der Waals surface area contributed by atoms with E-state index in [2.05, 4.69) is 15.8 Å². The average Bonchev–Trinajstić information content (AvgIpc) is 2.62. The molecule has 0 spiro atoms. The molecule has 0 amide bonds. The number of esters is 1. The lowest BCUT2D eigenvalue weighted by Crippen LogP contribution is -2.14. The van der Waals surface area contributed by atoms with E-state index >= 15 is 0 Å². The van der Waals surface area contributed by atoms with E-state index < -0.39 is 23.0 Å². The molecular formula is C20H38O6S. The fourth-order valence-electron chi connectivity index (χ4n) is 2.81. The quantitative estimate of drug-likeness (QED) is 0.127. The molecule has 0 aromatic rings. The Morgan fingerprint density at radius 3 is 1.70 bits per heavy atom. The van der Waals surface area contributed by atoms with Crippen molar-refractivity contribution in [3.8, 4) is 0 Å². The summed E-state index contributed by atoms with van der Waals surface area (Å²) in [5.41, 5.74) is 0. The van der Waals surface area contributed by atoms with Gasteiger partial charge in [0.2, 0.25) is 0 Å². The largest absolute Gasteiger partial charge is 0.433 e. The van der Waals surface area contributed by atoms with Crippen LogP contribution in [0, 0.1) is 0 Å².